The van der Waals surface area contributed by atoms with Gasteiger partial charge in [-0.1, -0.05) is 19.0 Å². The third-order valence-corrected chi connectivity index (χ3v) is 3.27. The lowest BCUT2D eigenvalue weighted by molar-refractivity contribution is 0.116. The second-order valence-electron chi connectivity index (χ2n) is 5.09. The van der Waals surface area contributed by atoms with Crippen LogP contribution in [0.3, 0.4) is 0 Å². The number of rotatable bonds is 6. The van der Waals surface area contributed by atoms with Gasteiger partial charge in [0.05, 0.1) is 32.3 Å². The van der Waals surface area contributed by atoms with Crippen molar-refractivity contribution in [1.82, 2.24) is 10.1 Å². The van der Waals surface area contributed by atoms with Crippen molar-refractivity contribution in [2.24, 2.45) is 5.92 Å². The van der Waals surface area contributed by atoms with Crippen LogP contribution in [-0.2, 0) is 6.42 Å². The Balaban J connectivity index is 2.25. The largest absolute Gasteiger partial charge is 0.497 e. The fraction of sp³-hybridized carbons (Fsp3) is 0.467. The molecule has 0 spiro atoms. The van der Waals surface area contributed by atoms with E-state index >= 15 is 0 Å². The molecule has 2 rings (SSSR count). The predicted molar refractivity (Wildman–Crippen MR) is 77.4 cm³/mol. The van der Waals surface area contributed by atoms with Gasteiger partial charge >= 0.3 is 0 Å². The van der Waals surface area contributed by atoms with Gasteiger partial charge in [-0.2, -0.15) is 4.98 Å². The van der Waals surface area contributed by atoms with Gasteiger partial charge in [-0.05, 0) is 18.1 Å². The molecule has 0 aliphatic heterocycles. The minimum Gasteiger partial charge on any atom is -0.497 e. The molecule has 6 heteroatoms. The lowest BCUT2D eigenvalue weighted by Crippen LogP contribution is -2.17. The summed E-state index contributed by atoms with van der Waals surface area (Å²) in [6.07, 6.45) is -0.167. The number of nitrogens with zero attached hydrogens (tertiary/aromatic N) is 2. The third-order valence-electron chi connectivity index (χ3n) is 3.27. The highest BCUT2D eigenvalue weighted by molar-refractivity contribution is 5.65. The maximum Gasteiger partial charge on any atom is 0.229 e. The SMILES string of the molecule is COc1ccc(-c2noc(C[C@@H](O)C(C)C)n2)c(OC)c1. The molecule has 0 bridgehead atoms. The number of benzene rings is 1. The van der Waals surface area contributed by atoms with Gasteiger partial charge in [-0.15, -0.1) is 0 Å². The first-order valence-corrected chi connectivity index (χ1v) is 6.78. The van der Waals surface area contributed by atoms with Crippen LogP contribution in [-0.4, -0.2) is 35.6 Å². The van der Waals surface area contributed by atoms with E-state index < -0.39 is 6.10 Å². The van der Waals surface area contributed by atoms with Crippen LogP contribution >= 0.6 is 0 Å². The summed E-state index contributed by atoms with van der Waals surface area (Å²) in [5.41, 5.74) is 0.715. The van der Waals surface area contributed by atoms with Gasteiger partial charge in [-0.25, -0.2) is 0 Å². The molecular weight excluding hydrogens is 272 g/mol. The molecule has 114 valence electrons. The third kappa shape index (κ3) is 3.52. The van der Waals surface area contributed by atoms with E-state index in [-0.39, 0.29) is 5.92 Å². The van der Waals surface area contributed by atoms with Crippen LogP contribution in [0.4, 0.5) is 0 Å². The summed E-state index contributed by atoms with van der Waals surface area (Å²) < 4.78 is 15.7. The molecule has 6 nitrogen and oxygen atoms in total. The Morgan fingerprint density at radius 3 is 2.62 bits per heavy atom. The quantitative estimate of drug-likeness (QED) is 0.880. The van der Waals surface area contributed by atoms with Crippen molar-refractivity contribution in [2.45, 2.75) is 26.4 Å². The summed E-state index contributed by atoms with van der Waals surface area (Å²) in [6, 6.07) is 5.37. The maximum atomic E-state index is 9.86. The standard InChI is InChI=1S/C15H20N2O4/c1-9(2)12(18)8-14-16-15(17-21-14)11-6-5-10(19-3)7-13(11)20-4/h5-7,9,12,18H,8H2,1-4H3/t12-/m1/s1. The van der Waals surface area contributed by atoms with Crippen LogP contribution in [0.5, 0.6) is 11.5 Å². The Hall–Kier alpha value is -2.08. The molecule has 21 heavy (non-hydrogen) atoms. The highest BCUT2D eigenvalue weighted by Gasteiger charge is 2.18. The van der Waals surface area contributed by atoms with E-state index in [2.05, 4.69) is 10.1 Å². The van der Waals surface area contributed by atoms with E-state index in [9.17, 15) is 5.11 Å². The van der Waals surface area contributed by atoms with E-state index in [1.807, 2.05) is 19.9 Å². The summed E-state index contributed by atoms with van der Waals surface area (Å²) in [6.45, 7) is 3.88. The first kappa shape index (κ1) is 15.3. The zero-order valence-corrected chi connectivity index (χ0v) is 12.7. The summed E-state index contributed by atoms with van der Waals surface area (Å²) in [7, 11) is 3.16. The van der Waals surface area contributed by atoms with Gasteiger partial charge in [0, 0.05) is 6.07 Å². The van der Waals surface area contributed by atoms with E-state index in [1.54, 1.807) is 26.4 Å². The molecule has 2 aromatic rings. The van der Waals surface area contributed by atoms with Gasteiger partial charge in [0.1, 0.15) is 11.5 Å². The Kier molecular flexibility index (Phi) is 4.80. The number of aliphatic hydroxyl groups is 1. The zero-order chi connectivity index (χ0) is 15.4. The normalized spacial score (nSPS) is 12.5. The number of hydrogen-bond acceptors (Lipinski definition) is 6. The van der Waals surface area contributed by atoms with Crippen molar-refractivity contribution < 1.29 is 19.1 Å². The fourth-order valence-corrected chi connectivity index (χ4v) is 1.85. The van der Waals surface area contributed by atoms with Crippen molar-refractivity contribution in [1.29, 1.82) is 0 Å². The smallest absolute Gasteiger partial charge is 0.229 e. The zero-order valence-electron chi connectivity index (χ0n) is 12.7. The van der Waals surface area contributed by atoms with Crippen LogP contribution < -0.4 is 9.47 Å². The minimum atomic E-state index is -0.504. The average Bonchev–Trinajstić information content (AvgIpc) is 2.94. The van der Waals surface area contributed by atoms with E-state index in [4.69, 9.17) is 14.0 Å². The van der Waals surface area contributed by atoms with E-state index in [0.29, 0.717) is 35.2 Å². The Morgan fingerprint density at radius 2 is 2.00 bits per heavy atom. The van der Waals surface area contributed by atoms with Gasteiger partial charge in [-0.3, -0.25) is 0 Å². The molecule has 1 aromatic carbocycles. The first-order valence-electron chi connectivity index (χ1n) is 6.78. The molecule has 0 amide bonds. The molecule has 0 unspecified atom stereocenters. The molecule has 0 aliphatic rings. The van der Waals surface area contributed by atoms with Crippen molar-refractivity contribution >= 4 is 0 Å². The van der Waals surface area contributed by atoms with Crippen LogP contribution in [0.2, 0.25) is 0 Å². The van der Waals surface area contributed by atoms with E-state index in [1.165, 1.54) is 0 Å². The molecule has 0 aliphatic carbocycles. The molecule has 0 saturated heterocycles. The minimum absolute atomic E-state index is 0.135. The van der Waals surface area contributed by atoms with Gasteiger partial charge in [0.15, 0.2) is 0 Å². The number of aliphatic hydroxyl groups excluding tert-OH is 1. The second kappa shape index (κ2) is 6.58. The molecular formula is C15H20N2O4. The summed E-state index contributed by atoms with van der Waals surface area (Å²) in [5.74, 6) is 2.26. The molecule has 1 N–H and O–H groups in total. The monoisotopic (exact) mass is 292 g/mol. The average molecular weight is 292 g/mol. The Morgan fingerprint density at radius 1 is 1.24 bits per heavy atom. The van der Waals surface area contributed by atoms with Crippen LogP contribution in [0.15, 0.2) is 22.7 Å². The molecule has 0 saturated carbocycles. The van der Waals surface area contributed by atoms with Crippen molar-refractivity contribution in [3.05, 3.63) is 24.1 Å². The van der Waals surface area contributed by atoms with Gasteiger partial charge < -0.3 is 19.1 Å². The lowest BCUT2D eigenvalue weighted by Gasteiger charge is -2.10. The maximum absolute atomic E-state index is 9.86. The highest BCUT2D eigenvalue weighted by atomic mass is 16.5. The molecule has 0 fully saturated rings. The van der Waals surface area contributed by atoms with Crippen molar-refractivity contribution in [3.63, 3.8) is 0 Å². The van der Waals surface area contributed by atoms with Crippen LogP contribution in [0.1, 0.15) is 19.7 Å². The summed E-state index contributed by atoms with van der Waals surface area (Å²) in [5, 5.41) is 13.8. The number of methoxy groups -OCH3 is 2. The number of aromatic nitrogens is 2. The van der Waals surface area contributed by atoms with Crippen molar-refractivity contribution in [2.75, 3.05) is 14.2 Å². The number of hydrogen-bond donors (Lipinski definition) is 1. The fourth-order valence-electron chi connectivity index (χ4n) is 1.85. The van der Waals surface area contributed by atoms with Gasteiger partial charge in [0.2, 0.25) is 11.7 Å². The topological polar surface area (TPSA) is 77.6 Å². The summed E-state index contributed by atoms with van der Waals surface area (Å²) in [4.78, 5) is 4.31. The Bertz CT molecular complexity index is 595. The van der Waals surface area contributed by atoms with E-state index in [0.717, 1.165) is 0 Å². The van der Waals surface area contributed by atoms with Crippen LogP contribution in [0, 0.1) is 5.92 Å². The number of ether oxygens (including phenoxy) is 2. The van der Waals surface area contributed by atoms with Gasteiger partial charge in [0.25, 0.3) is 0 Å². The first-order chi connectivity index (χ1) is 10.0. The predicted octanol–water partition coefficient (Wildman–Crippen LogP) is 2.31. The van der Waals surface area contributed by atoms with Crippen LogP contribution in [0.25, 0.3) is 11.4 Å². The molecule has 0 radical (unpaired) electrons. The molecule has 1 aromatic heterocycles. The lowest BCUT2D eigenvalue weighted by atomic mass is 10.0. The molecule has 1 heterocycles. The summed E-state index contributed by atoms with van der Waals surface area (Å²) >= 11 is 0. The molecule has 1 atom stereocenters. The second-order valence-corrected chi connectivity index (χ2v) is 5.09. The highest BCUT2D eigenvalue weighted by Crippen LogP contribution is 2.31. The van der Waals surface area contributed by atoms with Crippen molar-refractivity contribution in [3.8, 4) is 22.9 Å². The Labute approximate surface area is 123 Å².